The number of hydrogen-bond acceptors (Lipinski definition) is 4. The number of aromatic nitrogens is 2. The zero-order valence-electron chi connectivity index (χ0n) is 19.2. The molecule has 2 aromatic carbocycles. The van der Waals surface area contributed by atoms with Gasteiger partial charge in [-0.2, -0.15) is 0 Å². The van der Waals surface area contributed by atoms with Gasteiger partial charge in [0.25, 0.3) is 5.91 Å². The molecule has 0 saturated carbocycles. The Balaban J connectivity index is 1.19. The first kappa shape index (κ1) is 22.6. The lowest BCUT2D eigenvalue weighted by molar-refractivity contribution is 0.0952. The van der Waals surface area contributed by atoms with Crippen molar-refractivity contribution in [3.63, 3.8) is 0 Å². The van der Waals surface area contributed by atoms with E-state index in [1.807, 2.05) is 47.1 Å². The van der Waals surface area contributed by atoms with Gasteiger partial charge in [0.05, 0.1) is 5.69 Å². The highest BCUT2D eigenvalue weighted by Gasteiger charge is 2.07. The average molecular weight is 443 g/mol. The van der Waals surface area contributed by atoms with Crippen LogP contribution in [0.1, 0.15) is 33.6 Å². The number of imidazole rings is 1. The zero-order valence-corrected chi connectivity index (χ0v) is 19.2. The van der Waals surface area contributed by atoms with Gasteiger partial charge in [-0.05, 0) is 68.4 Å². The molecule has 1 amide bonds. The Bertz CT molecular complexity index is 1190. The summed E-state index contributed by atoms with van der Waals surface area (Å²) in [6.07, 6.45) is 4.91. The number of ether oxygens (including phenoxy) is 1. The van der Waals surface area contributed by atoms with Crippen LogP contribution >= 0.6 is 0 Å². The van der Waals surface area contributed by atoms with E-state index in [-0.39, 0.29) is 5.91 Å². The predicted molar refractivity (Wildman–Crippen MR) is 130 cm³/mol. The number of fused-ring (bicyclic) bond motifs is 1. The Morgan fingerprint density at radius 1 is 1.03 bits per heavy atom. The summed E-state index contributed by atoms with van der Waals surface area (Å²) in [7, 11) is 2.10. The highest BCUT2D eigenvalue weighted by atomic mass is 16.5. The number of benzene rings is 2. The zero-order chi connectivity index (χ0) is 23.0. The van der Waals surface area contributed by atoms with E-state index in [2.05, 4.69) is 53.4 Å². The molecular formula is C27H30N4O2. The molecule has 4 aromatic rings. The van der Waals surface area contributed by atoms with Crippen LogP contribution < -0.4 is 10.1 Å². The fourth-order valence-corrected chi connectivity index (χ4v) is 3.71. The Morgan fingerprint density at radius 2 is 1.82 bits per heavy atom. The van der Waals surface area contributed by atoms with E-state index >= 15 is 0 Å². The number of rotatable bonds is 10. The van der Waals surface area contributed by atoms with E-state index in [9.17, 15) is 4.79 Å². The van der Waals surface area contributed by atoms with Gasteiger partial charge in [0.1, 0.15) is 18.0 Å². The van der Waals surface area contributed by atoms with Gasteiger partial charge >= 0.3 is 0 Å². The third-order valence-corrected chi connectivity index (χ3v) is 5.45. The number of nitrogens with one attached hydrogen (secondary N) is 1. The largest absolute Gasteiger partial charge is 0.487 e. The van der Waals surface area contributed by atoms with E-state index in [0.717, 1.165) is 30.9 Å². The van der Waals surface area contributed by atoms with Gasteiger partial charge in [-0.3, -0.25) is 4.79 Å². The first-order valence-corrected chi connectivity index (χ1v) is 11.2. The lowest BCUT2D eigenvalue weighted by Gasteiger charge is -2.16. The Kier molecular flexibility index (Phi) is 7.37. The second kappa shape index (κ2) is 10.8. The van der Waals surface area contributed by atoms with Crippen molar-refractivity contribution in [1.82, 2.24) is 19.6 Å². The van der Waals surface area contributed by atoms with Crippen LogP contribution in [0.25, 0.3) is 5.65 Å². The minimum Gasteiger partial charge on any atom is -0.487 e. The minimum absolute atomic E-state index is 0.0667. The maximum atomic E-state index is 12.4. The van der Waals surface area contributed by atoms with Crippen LogP contribution in [0.5, 0.6) is 5.75 Å². The molecule has 0 bridgehead atoms. The van der Waals surface area contributed by atoms with E-state index in [1.54, 1.807) is 12.1 Å². The lowest BCUT2D eigenvalue weighted by atomic mass is 10.2. The minimum atomic E-state index is -0.0667. The maximum absolute atomic E-state index is 12.4. The molecule has 0 aliphatic rings. The Labute approximate surface area is 194 Å². The molecule has 2 aromatic heterocycles. The van der Waals surface area contributed by atoms with E-state index in [4.69, 9.17) is 4.74 Å². The molecule has 0 saturated heterocycles. The van der Waals surface area contributed by atoms with Gasteiger partial charge < -0.3 is 19.4 Å². The lowest BCUT2D eigenvalue weighted by Crippen LogP contribution is -2.28. The third-order valence-electron chi connectivity index (χ3n) is 5.45. The second-order valence-electron chi connectivity index (χ2n) is 8.35. The number of aryl methyl sites for hydroxylation is 1. The van der Waals surface area contributed by atoms with Crippen LogP contribution in [0, 0.1) is 6.92 Å². The van der Waals surface area contributed by atoms with Gasteiger partial charge in [0, 0.05) is 31.0 Å². The molecule has 1 N–H and O–H groups in total. The monoisotopic (exact) mass is 442 g/mol. The van der Waals surface area contributed by atoms with Crippen molar-refractivity contribution in [3.05, 3.63) is 102 Å². The standard InChI is InChI=1S/C27H30N4O2/c1-21-9-14-26-29-24(19-31(26)17-21)20-33-25-12-10-23(11-13-25)27(32)28-15-6-16-30(2)18-22-7-4-3-5-8-22/h3-5,7-14,17,19H,6,15-16,18,20H2,1-2H3,(H,28,32). The molecule has 2 heterocycles. The van der Waals surface area contributed by atoms with Crippen LogP contribution in [0.3, 0.4) is 0 Å². The van der Waals surface area contributed by atoms with Gasteiger partial charge in [0.15, 0.2) is 0 Å². The molecule has 0 aliphatic heterocycles. The third kappa shape index (κ3) is 6.43. The van der Waals surface area contributed by atoms with Crippen LogP contribution in [-0.2, 0) is 13.2 Å². The Hall–Kier alpha value is -3.64. The van der Waals surface area contributed by atoms with E-state index in [1.165, 1.54) is 11.1 Å². The van der Waals surface area contributed by atoms with E-state index in [0.29, 0.717) is 24.5 Å². The number of amides is 1. The quantitative estimate of drug-likeness (QED) is 0.368. The fourth-order valence-electron chi connectivity index (χ4n) is 3.71. The second-order valence-corrected chi connectivity index (χ2v) is 8.35. The molecule has 4 rings (SSSR count). The summed E-state index contributed by atoms with van der Waals surface area (Å²) in [6.45, 7) is 4.90. The van der Waals surface area contributed by atoms with E-state index < -0.39 is 0 Å². The van der Waals surface area contributed by atoms with Gasteiger partial charge in [0.2, 0.25) is 0 Å². The Morgan fingerprint density at radius 3 is 2.61 bits per heavy atom. The van der Waals surface area contributed by atoms with Gasteiger partial charge in [-0.15, -0.1) is 0 Å². The summed E-state index contributed by atoms with van der Waals surface area (Å²) < 4.78 is 7.85. The predicted octanol–water partition coefficient (Wildman–Crippen LogP) is 4.47. The van der Waals surface area contributed by atoms with Crippen molar-refractivity contribution in [2.24, 2.45) is 0 Å². The summed E-state index contributed by atoms with van der Waals surface area (Å²) in [5.41, 5.74) is 4.86. The first-order valence-electron chi connectivity index (χ1n) is 11.2. The summed E-state index contributed by atoms with van der Waals surface area (Å²) in [5.74, 6) is 0.644. The summed E-state index contributed by atoms with van der Waals surface area (Å²) >= 11 is 0. The van der Waals surface area contributed by atoms with Crippen molar-refractivity contribution < 1.29 is 9.53 Å². The van der Waals surface area contributed by atoms with Crippen LogP contribution in [0.15, 0.2) is 79.1 Å². The average Bonchev–Trinajstić information content (AvgIpc) is 3.23. The molecule has 6 heteroatoms. The summed E-state index contributed by atoms with van der Waals surface area (Å²) in [4.78, 5) is 19.2. The molecule has 0 radical (unpaired) electrons. The first-order chi connectivity index (χ1) is 16.1. The number of hydrogen-bond donors (Lipinski definition) is 1. The summed E-state index contributed by atoms with van der Waals surface area (Å²) in [5, 5.41) is 3.00. The van der Waals surface area contributed by atoms with Gasteiger partial charge in [-0.25, -0.2) is 4.98 Å². The molecule has 0 fully saturated rings. The molecular weight excluding hydrogens is 412 g/mol. The molecule has 0 unspecified atom stereocenters. The number of carbonyl (C=O) groups excluding carboxylic acids is 1. The molecule has 33 heavy (non-hydrogen) atoms. The van der Waals surface area contributed by atoms with Crippen LogP contribution in [-0.4, -0.2) is 40.3 Å². The maximum Gasteiger partial charge on any atom is 0.251 e. The molecule has 170 valence electrons. The summed E-state index contributed by atoms with van der Waals surface area (Å²) in [6, 6.07) is 21.7. The molecule has 0 atom stereocenters. The highest BCUT2D eigenvalue weighted by Crippen LogP contribution is 2.15. The molecule has 0 spiro atoms. The van der Waals surface area contributed by atoms with Crippen LogP contribution in [0.4, 0.5) is 0 Å². The fraction of sp³-hybridized carbons (Fsp3) is 0.259. The number of carbonyl (C=O) groups is 1. The van der Waals surface area contributed by atoms with Crippen molar-refractivity contribution in [3.8, 4) is 5.75 Å². The normalized spacial score (nSPS) is 11.1. The molecule has 0 aliphatic carbocycles. The smallest absolute Gasteiger partial charge is 0.251 e. The number of nitrogens with zero attached hydrogens (tertiary/aromatic N) is 3. The van der Waals surface area contributed by atoms with Gasteiger partial charge in [-0.1, -0.05) is 36.4 Å². The van der Waals surface area contributed by atoms with Crippen molar-refractivity contribution in [2.45, 2.75) is 26.5 Å². The SMILES string of the molecule is Cc1ccc2nc(COc3ccc(C(=O)NCCCN(C)Cc4ccccc4)cc3)cn2c1. The van der Waals surface area contributed by atoms with Crippen molar-refractivity contribution in [2.75, 3.05) is 20.1 Å². The molecule has 6 nitrogen and oxygen atoms in total. The topological polar surface area (TPSA) is 58.9 Å². The number of pyridine rings is 1. The highest BCUT2D eigenvalue weighted by molar-refractivity contribution is 5.94. The van der Waals surface area contributed by atoms with Crippen LogP contribution in [0.2, 0.25) is 0 Å². The van der Waals surface area contributed by atoms with Crippen molar-refractivity contribution in [1.29, 1.82) is 0 Å². The van der Waals surface area contributed by atoms with Crippen molar-refractivity contribution >= 4 is 11.6 Å².